The van der Waals surface area contributed by atoms with Crippen LogP contribution in [0.3, 0.4) is 0 Å². The van der Waals surface area contributed by atoms with E-state index in [9.17, 15) is 14.7 Å². The molecule has 1 amide bonds. The lowest BCUT2D eigenvalue weighted by atomic mass is 10.0. The summed E-state index contributed by atoms with van der Waals surface area (Å²) in [5.74, 6) is -0.347. The largest absolute Gasteiger partial charge is 0.480 e. The zero-order chi connectivity index (χ0) is 23.0. The van der Waals surface area contributed by atoms with Crippen molar-refractivity contribution in [3.63, 3.8) is 0 Å². The molecule has 2 aromatic heterocycles. The highest BCUT2D eigenvalue weighted by molar-refractivity contribution is 6.07. The number of amides is 1. The molecule has 0 fully saturated rings. The number of aromatic amines is 1. The van der Waals surface area contributed by atoms with Gasteiger partial charge in [0.1, 0.15) is 11.9 Å². The third kappa shape index (κ3) is 5.88. The second-order valence-corrected chi connectivity index (χ2v) is 8.65. The molecular formula is C25H31N5O3. The normalized spacial score (nSPS) is 13.8. The van der Waals surface area contributed by atoms with Crippen molar-refractivity contribution >= 4 is 28.6 Å². The fourth-order valence-corrected chi connectivity index (χ4v) is 4.35. The fourth-order valence-electron chi connectivity index (χ4n) is 4.35. The highest BCUT2D eigenvalue weighted by Gasteiger charge is 2.21. The Morgan fingerprint density at radius 2 is 1.94 bits per heavy atom. The van der Waals surface area contributed by atoms with Crippen molar-refractivity contribution in [3.05, 3.63) is 53.3 Å². The van der Waals surface area contributed by atoms with Crippen LogP contribution >= 0.6 is 0 Å². The number of hydrogen-bond acceptors (Lipinski definition) is 5. The number of pyridine rings is 1. The van der Waals surface area contributed by atoms with E-state index in [1.54, 1.807) is 18.3 Å². The van der Waals surface area contributed by atoms with Crippen LogP contribution in [-0.4, -0.2) is 44.8 Å². The van der Waals surface area contributed by atoms with Gasteiger partial charge in [0, 0.05) is 17.6 Å². The van der Waals surface area contributed by atoms with Crippen molar-refractivity contribution < 1.29 is 14.7 Å². The maximum Gasteiger partial charge on any atom is 0.326 e. The summed E-state index contributed by atoms with van der Waals surface area (Å²) in [5.41, 5.74) is 3.62. The van der Waals surface area contributed by atoms with Crippen LogP contribution in [0.15, 0.2) is 36.5 Å². The van der Waals surface area contributed by atoms with Crippen LogP contribution in [0, 0.1) is 0 Å². The molecule has 1 unspecified atom stereocenters. The number of fused-ring (bicyclic) bond motifs is 2. The van der Waals surface area contributed by atoms with E-state index in [4.69, 9.17) is 4.98 Å². The third-order valence-corrected chi connectivity index (χ3v) is 6.21. The number of aromatic nitrogens is 3. The Balaban J connectivity index is 1.17. The Labute approximate surface area is 193 Å². The predicted molar refractivity (Wildman–Crippen MR) is 127 cm³/mol. The molecule has 0 bridgehead atoms. The number of unbranched alkanes of at least 4 members (excludes halogenated alkanes) is 4. The number of nitrogens with one attached hydrogen (secondary N) is 3. The van der Waals surface area contributed by atoms with Gasteiger partial charge in [-0.25, -0.2) is 9.78 Å². The van der Waals surface area contributed by atoms with E-state index in [0.717, 1.165) is 68.5 Å². The van der Waals surface area contributed by atoms with Crippen LogP contribution in [0.4, 0.5) is 5.82 Å². The maximum absolute atomic E-state index is 12.6. The lowest BCUT2D eigenvalue weighted by Crippen LogP contribution is -2.40. The van der Waals surface area contributed by atoms with Gasteiger partial charge in [-0.1, -0.05) is 37.8 Å². The first kappa shape index (κ1) is 22.8. The minimum atomic E-state index is -1.00. The molecule has 1 aliphatic heterocycles. The summed E-state index contributed by atoms with van der Waals surface area (Å²) in [4.78, 5) is 29.0. The van der Waals surface area contributed by atoms with Crippen LogP contribution in [0.1, 0.15) is 66.6 Å². The standard InChI is InChI=1S/C25H31N5O3/c31-24(19-10-6-12-21-20(19)16-27-30-21)29-22(25(32)33)11-5-3-1-2-4-9-18-14-13-17-8-7-15-26-23(17)28-18/h6,10,12-14,16,22H,1-5,7-9,11,15H2,(H,26,28)(H,27,30)(H,29,31)(H,32,33). The minimum Gasteiger partial charge on any atom is -0.480 e. The summed E-state index contributed by atoms with van der Waals surface area (Å²) >= 11 is 0. The molecule has 33 heavy (non-hydrogen) atoms. The summed E-state index contributed by atoms with van der Waals surface area (Å²) in [6, 6.07) is 8.69. The van der Waals surface area contributed by atoms with E-state index in [1.165, 1.54) is 12.0 Å². The van der Waals surface area contributed by atoms with Crippen molar-refractivity contribution in [2.24, 2.45) is 0 Å². The van der Waals surface area contributed by atoms with Gasteiger partial charge in [0.05, 0.1) is 17.3 Å². The molecule has 8 nitrogen and oxygen atoms in total. The van der Waals surface area contributed by atoms with Gasteiger partial charge < -0.3 is 15.7 Å². The Hall–Kier alpha value is -3.42. The molecule has 174 valence electrons. The monoisotopic (exact) mass is 449 g/mol. The molecule has 8 heteroatoms. The van der Waals surface area contributed by atoms with Crippen molar-refractivity contribution in [3.8, 4) is 0 Å². The Morgan fingerprint density at radius 1 is 1.09 bits per heavy atom. The van der Waals surface area contributed by atoms with Gasteiger partial charge in [0.15, 0.2) is 0 Å². The van der Waals surface area contributed by atoms with Crippen LogP contribution in [-0.2, 0) is 17.6 Å². The number of anilines is 1. The van der Waals surface area contributed by atoms with Crippen LogP contribution in [0.5, 0.6) is 0 Å². The SMILES string of the molecule is O=C(NC(CCCCCCCc1ccc2c(n1)NCCC2)C(=O)O)c1cccc2[nH]ncc12. The number of hydrogen-bond donors (Lipinski definition) is 4. The Bertz CT molecular complexity index is 1110. The lowest BCUT2D eigenvalue weighted by Gasteiger charge is -2.17. The van der Waals surface area contributed by atoms with Gasteiger partial charge in [-0.05, 0) is 55.9 Å². The van der Waals surface area contributed by atoms with Crippen molar-refractivity contribution in [2.45, 2.75) is 63.8 Å². The van der Waals surface area contributed by atoms with Gasteiger partial charge in [0.2, 0.25) is 0 Å². The molecular weight excluding hydrogens is 418 g/mol. The first-order chi connectivity index (χ1) is 16.1. The molecule has 1 aromatic carbocycles. The summed E-state index contributed by atoms with van der Waals surface area (Å²) < 4.78 is 0. The molecule has 0 radical (unpaired) electrons. The molecule has 3 aromatic rings. The summed E-state index contributed by atoms with van der Waals surface area (Å²) in [6.07, 6.45) is 10.1. The van der Waals surface area contributed by atoms with Crippen molar-refractivity contribution in [2.75, 3.05) is 11.9 Å². The molecule has 1 atom stereocenters. The summed E-state index contributed by atoms with van der Waals surface area (Å²) in [6.45, 7) is 1.00. The number of aliphatic carboxylic acids is 1. The number of nitrogens with zero attached hydrogens (tertiary/aromatic N) is 2. The maximum atomic E-state index is 12.6. The molecule has 3 heterocycles. The van der Waals surface area contributed by atoms with E-state index >= 15 is 0 Å². The van der Waals surface area contributed by atoms with Gasteiger partial charge >= 0.3 is 5.97 Å². The molecule has 0 saturated carbocycles. The molecule has 0 aliphatic carbocycles. The van der Waals surface area contributed by atoms with Crippen molar-refractivity contribution in [1.82, 2.24) is 20.5 Å². The number of benzene rings is 1. The smallest absolute Gasteiger partial charge is 0.326 e. The topological polar surface area (TPSA) is 120 Å². The number of rotatable bonds is 11. The highest BCUT2D eigenvalue weighted by atomic mass is 16.4. The number of carbonyl (C=O) groups excluding carboxylic acids is 1. The van der Waals surface area contributed by atoms with Crippen LogP contribution < -0.4 is 10.6 Å². The number of H-pyrrole nitrogens is 1. The van der Waals surface area contributed by atoms with E-state index < -0.39 is 12.0 Å². The molecule has 4 N–H and O–H groups in total. The van der Waals surface area contributed by atoms with E-state index in [2.05, 4.69) is 33.0 Å². The second kappa shape index (κ2) is 10.9. The first-order valence-electron chi connectivity index (χ1n) is 11.8. The van der Waals surface area contributed by atoms with E-state index in [0.29, 0.717) is 17.4 Å². The van der Waals surface area contributed by atoms with Crippen molar-refractivity contribution in [1.29, 1.82) is 0 Å². The molecule has 1 aliphatic rings. The average molecular weight is 450 g/mol. The number of carbonyl (C=O) groups is 2. The lowest BCUT2D eigenvalue weighted by molar-refractivity contribution is -0.139. The van der Waals surface area contributed by atoms with Gasteiger partial charge in [-0.3, -0.25) is 9.89 Å². The zero-order valence-electron chi connectivity index (χ0n) is 18.8. The second-order valence-electron chi connectivity index (χ2n) is 8.65. The average Bonchev–Trinajstić information content (AvgIpc) is 3.31. The molecule has 4 rings (SSSR count). The van der Waals surface area contributed by atoms with Crippen LogP contribution in [0.25, 0.3) is 10.9 Å². The van der Waals surface area contributed by atoms with Gasteiger partial charge in [0.25, 0.3) is 5.91 Å². The minimum absolute atomic E-state index is 0.388. The Kier molecular flexibility index (Phi) is 7.55. The number of aryl methyl sites for hydroxylation is 2. The predicted octanol–water partition coefficient (Wildman–Crippen LogP) is 4.08. The first-order valence-corrected chi connectivity index (χ1v) is 11.8. The zero-order valence-corrected chi connectivity index (χ0v) is 18.8. The van der Waals surface area contributed by atoms with Crippen LogP contribution in [0.2, 0.25) is 0 Å². The van der Waals surface area contributed by atoms with E-state index in [-0.39, 0.29) is 5.91 Å². The highest BCUT2D eigenvalue weighted by Crippen LogP contribution is 2.21. The third-order valence-electron chi connectivity index (χ3n) is 6.21. The van der Waals surface area contributed by atoms with E-state index in [1.807, 2.05) is 6.07 Å². The fraction of sp³-hybridized carbons (Fsp3) is 0.440. The number of carboxylic acid groups (broad SMARTS) is 1. The van der Waals surface area contributed by atoms with Gasteiger partial charge in [-0.15, -0.1) is 0 Å². The molecule has 0 spiro atoms. The quantitative estimate of drug-likeness (QED) is 0.327. The summed E-state index contributed by atoms with van der Waals surface area (Å²) in [5, 5.41) is 23.1. The van der Waals surface area contributed by atoms with Gasteiger partial charge in [-0.2, -0.15) is 5.10 Å². The number of carboxylic acids is 1. The summed E-state index contributed by atoms with van der Waals surface area (Å²) in [7, 11) is 0. The Morgan fingerprint density at radius 3 is 2.82 bits per heavy atom. The molecule has 0 saturated heterocycles.